The number of fused-ring (bicyclic) bond motifs is 1. The van der Waals surface area contributed by atoms with Crippen molar-refractivity contribution in [3.8, 4) is 5.69 Å². The molecule has 0 bridgehead atoms. The fourth-order valence-corrected chi connectivity index (χ4v) is 3.69. The van der Waals surface area contributed by atoms with E-state index >= 15 is 0 Å². The van der Waals surface area contributed by atoms with E-state index < -0.39 is 6.17 Å². The fraction of sp³-hybridized carbons (Fsp3) is 0.250. The standard InChI is InChI=1S/C20H18FN5O/c21-14-7-9-24(11-14)15-3-5-16(6-4-15)26-12-18-19(23-26)13-25(20(18)27)17-2-1-8-22-10-17/h1-6,8,10,12,14H,7,9,11,13H2/t14-/m1/s1. The van der Waals surface area contributed by atoms with Crippen molar-refractivity contribution in [2.24, 2.45) is 0 Å². The van der Waals surface area contributed by atoms with Crippen LogP contribution in [0, 0.1) is 0 Å². The van der Waals surface area contributed by atoms with Gasteiger partial charge >= 0.3 is 0 Å². The minimum atomic E-state index is -0.743. The van der Waals surface area contributed by atoms with Gasteiger partial charge in [-0.2, -0.15) is 5.10 Å². The van der Waals surface area contributed by atoms with E-state index in [-0.39, 0.29) is 5.91 Å². The van der Waals surface area contributed by atoms with Crippen molar-refractivity contribution in [1.82, 2.24) is 14.8 Å². The zero-order chi connectivity index (χ0) is 18.4. The van der Waals surface area contributed by atoms with Crippen LogP contribution in [-0.4, -0.2) is 39.9 Å². The third kappa shape index (κ3) is 2.75. The Morgan fingerprint density at radius 3 is 2.56 bits per heavy atom. The van der Waals surface area contributed by atoms with Gasteiger partial charge in [0.25, 0.3) is 5.91 Å². The molecule has 2 aliphatic heterocycles. The second kappa shape index (κ2) is 6.19. The van der Waals surface area contributed by atoms with Crippen molar-refractivity contribution in [2.45, 2.75) is 19.1 Å². The molecule has 4 heterocycles. The molecular weight excluding hydrogens is 345 g/mol. The summed E-state index contributed by atoms with van der Waals surface area (Å²) in [5, 5.41) is 4.59. The SMILES string of the molecule is O=C1c2cn(-c3ccc(N4CC[C@@H](F)C4)cc3)nc2CN1c1cccnc1. The van der Waals surface area contributed by atoms with Crippen LogP contribution in [0.4, 0.5) is 15.8 Å². The Morgan fingerprint density at radius 2 is 1.89 bits per heavy atom. The summed E-state index contributed by atoms with van der Waals surface area (Å²) in [4.78, 5) is 20.5. The molecule has 1 amide bonds. The number of carbonyl (C=O) groups is 1. The molecule has 0 aliphatic carbocycles. The lowest BCUT2D eigenvalue weighted by atomic mass is 10.2. The van der Waals surface area contributed by atoms with E-state index in [1.54, 1.807) is 28.2 Å². The maximum absolute atomic E-state index is 13.4. The predicted molar refractivity (Wildman–Crippen MR) is 100 cm³/mol. The van der Waals surface area contributed by atoms with Crippen molar-refractivity contribution in [1.29, 1.82) is 0 Å². The van der Waals surface area contributed by atoms with E-state index in [4.69, 9.17) is 0 Å². The molecule has 136 valence electrons. The number of pyridine rings is 1. The molecule has 0 saturated carbocycles. The fourth-order valence-electron chi connectivity index (χ4n) is 3.69. The quantitative estimate of drug-likeness (QED) is 0.718. The van der Waals surface area contributed by atoms with E-state index in [1.165, 1.54) is 0 Å². The molecule has 7 heteroatoms. The Labute approximate surface area is 155 Å². The average molecular weight is 363 g/mol. The highest BCUT2D eigenvalue weighted by Gasteiger charge is 2.32. The Balaban J connectivity index is 1.37. The van der Waals surface area contributed by atoms with Gasteiger partial charge in [0.15, 0.2) is 0 Å². The Bertz CT molecular complexity index is 985. The van der Waals surface area contributed by atoms with Gasteiger partial charge in [-0.15, -0.1) is 0 Å². The average Bonchev–Trinajstić information content (AvgIpc) is 3.39. The van der Waals surface area contributed by atoms with Crippen molar-refractivity contribution >= 4 is 17.3 Å². The van der Waals surface area contributed by atoms with Crippen molar-refractivity contribution in [3.05, 3.63) is 66.2 Å². The number of amides is 1. The highest BCUT2D eigenvalue weighted by molar-refractivity contribution is 6.09. The maximum atomic E-state index is 13.4. The summed E-state index contributed by atoms with van der Waals surface area (Å²) >= 11 is 0. The lowest BCUT2D eigenvalue weighted by Crippen LogP contribution is -2.23. The second-order valence-electron chi connectivity index (χ2n) is 6.88. The van der Waals surface area contributed by atoms with Crippen LogP contribution in [0.2, 0.25) is 0 Å². The number of hydrogen-bond donors (Lipinski definition) is 0. The summed E-state index contributed by atoms with van der Waals surface area (Å²) in [6.45, 7) is 1.64. The van der Waals surface area contributed by atoms with E-state index in [9.17, 15) is 9.18 Å². The zero-order valence-electron chi connectivity index (χ0n) is 14.6. The van der Waals surface area contributed by atoms with Gasteiger partial charge in [-0.3, -0.25) is 9.78 Å². The Kier molecular flexibility index (Phi) is 3.67. The third-order valence-corrected chi connectivity index (χ3v) is 5.14. The first kappa shape index (κ1) is 16.0. The summed E-state index contributed by atoms with van der Waals surface area (Å²) in [7, 11) is 0. The molecule has 1 aromatic carbocycles. The highest BCUT2D eigenvalue weighted by atomic mass is 19.1. The Hall–Kier alpha value is -3.22. The number of alkyl halides is 1. The molecule has 0 spiro atoms. The van der Waals surface area contributed by atoms with E-state index in [0.29, 0.717) is 25.1 Å². The summed E-state index contributed by atoms with van der Waals surface area (Å²) < 4.78 is 15.1. The topological polar surface area (TPSA) is 54.3 Å². The Morgan fingerprint density at radius 1 is 1.07 bits per heavy atom. The summed E-state index contributed by atoms with van der Waals surface area (Å²) in [5.74, 6) is -0.0630. The van der Waals surface area contributed by atoms with Crippen molar-refractivity contribution in [2.75, 3.05) is 22.9 Å². The van der Waals surface area contributed by atoms with Crippen LogP contribution in [0.15, 0.2) is 55.0 Å². The van der Waals surface area contributed by atoms with E-state index in [2.05, 4.69) is 10.1 Å². The number of carbonyl (C=O) groups excluding carboxylic acids is 1. The molecule has 27 heavy (non-hydrogen) atoms. The third-order valence-electron chi connectivity index (χ3n) is 5.14. The number of rotatable bonds is 3. The molecule has 3 aromatic rings. The zero-order valence-corrected chi connectivity index (χ0v) is 14.6. The van der Waals surface area contributed by atoms with Crippen LogP contribution in [0.5, 0.6) is 0 Å². The van der Waals surface area contributed by atoms with Crippen molar-refractivity contribution in [3.63, 3.8) is 0 Å². The van der Waals surface area contributed by atoms with Crippen LogP contribution in [-0.2, 0) is 6.54 Å². The van der Waals surface area contributed by atoms with Crippen LogP contribution in [0.1, 0.15) is 22.5 Å². The number of halogens is 1. The summed E-state index contributed by atoms with van der Waals surface area (Å²) in [5.41, 5.74) is 4.03. The molecule has 2 aliphatic rings. The number of nitrogens with zero attached hydrogens (tertiary/aromatic N) is 5. The van der Waals surface area contributed by atoms with Gasteiger partial charge in [0, 0.05) is 31.2 Å². The minimum Gasteiger partial charge on any atom is -0.369 e. The molecule has 0 N–H and O–H groups in total. The molecule has 1 saturated heterocycles. The van der Waals surface area contributed by atoms with Crippen molar-refractivity contribution < 1.29 is 9.18 Å². The van der Waals surface area contributed by atoms with Gasteiger partial charge in [0.2, 0.25) is 0 Å². The lowest BCUT2D eigenvalue weighted by molar-refractivity contribution is 0.0996. The lowest BCUT2D eigenvalue weighted by Gasteiger charge is -2.18. The monoisotopic (exact) mass is 363 g/mol. The van der Waals surface area contributed by atoms with Gasteiger partial charge in [0.05, 0.1) is 35.4 Å². The molecule has 2 aromatic heterocycles. The predicted octanol–water partition coefficient (Wildman–Crippen LogP) is 2.98. The van der Waals surface area contributed by atoms with Crippen LogP contribution >= 0.6 is 0 Å². The largest absolute Gasteiger partial charge is 0.369 e. The van der Waals surface area contributed by atoms with Crippen LogP contribution in [0.25, 0.3) is 5.69 Å². The number of aromatic nitrogens is 3. The second-order valence-corrected chi connectivity index (χ2v) is 6.88. The normalized spacial score (nSPS) is 19.0. The van der Waals surface area contributed by atoms with Gasteiger partial charge in [0.1, 0.15) is 6.17 Å². The molecule has 1 atom stereocenters. The van der Waals surface area contributed by atoms with Gasteiger partial charge in [-0.25, -0.2) is 9.07 Å². The van der Waals surface area contributed by atoms with Gasteiger partial charge < -0.3 is 9.80 Å². The van der Waals surface area contributed by atoms with Crippen LogP contribution < -0.4 is 9.80 Å². The number of hydrogen-bond acceptors (Lipinski definition) is 4. The smallest absolute Gasteiger partial charge is 0.262 e. The maximum Gasteiger partial charge on any atom is 0.262 e. The van der Waals surface area contributed by atoms with E-state index in [0.717, 1.165) is 29.3 Å². The first-order valence-corrected chi connectivity index (χ1v) is 8.99. The molecule has 6 nitrogen and oxygen atoms in total. The molecular formula is C20H18FN5O. The highest BCUT2D eigenvalue weighted by Crippen LogP contribution is 2.28. The van der Waals surface area contributed by atoms with Gasteiger partial charge in [-0.1, -0.05) is 0 Å². The minimum absolute atomic E-state index is 0.0630. The van der Waals surface area contributed by atoms with Gasteiger partial charge in [-0.05, 0) is 42.8 Å². The molecule has 0 unspecified atom stereocenters. The number of benzene rings is 1. The molecule has 5 rings (SSSR count). The summed E-state index contributed by atoms with van der Waals surface area (Å²) in [6.07, 6.45) is 4.98. The first-order valence-electron chi connectivity index (χ1n) is 8.99. The summed E-state index contributed by atoms with van der Waals surface area (Å²) in [6, 6.07) is 11.5. The molecule has 0 radical (unpaired) electrons. The number of anilines is 2. The molecule has 1 fully saturated rings. The van der Waals surface area contributed by atoms with Crippen LogP contribution in [0.3, 0.4) is 0 Å². The first-order chi connectivity index (χ1) is 13.2. The van der Waals surface area contributed by atoms with E-state index in [1.807, 2.05) is 41.3 Å².